The van der Waals surface area contributed by atoms with Crippen LogP contribution in [0.1, 0.15) is 18.9 Å². The zero-order valence-corrected chi connectivity index (χ0v) is 13.2. The minimum atomic E-state index is 0.452. The SMILES string of the molecule is CN(CCc1cccc2ccccc12)CC1(C)CCNC1. The molecule has 2 aromatic rings. The molecule has 112 valence electrons. The van der Waals surface area contributed by atoms with E-state index in [4.69, 9.17) is 0 Å². The lowest BCUT2D eigenvalue weighted by Gasteiger charge is -2.29. The average molecular weight is 282 g/mol. The first-order valence-electron chi connectivity index (χ1n) is 8.02. The minimum absolute atomic E-state index is 0.452. The van der Waals surface area contributed by atoms with Gasteiger partial charge in [0.15, 0.2) is 0 Å². The number of rotatable bonds is 5. The predicted octanol–water partition coefficient (Wildman–Crippen LogP) is 3.31. The van der Waals surface area contributed by atoms with Gasteiger partial charge in [-0.25, -0.2) is 0 Å². The van der Waals surface area contributed by atoms with Gasteiger partial charge in [0.05, 0.1) is 0 Å². The molecule has 0 bridgehead atoms. The molecule has 3 rings (SSSR count). The highest BCUT2D eigenvalue weighted by molar-refractivity contribution is 5.85. The number of nitrogens with one attached hydrogen (secondary N) is 1. The van der Waals surface area contributed by atoms with Crippen molar-refractivity contribution >= 4 is 10.8 Å². The maximum Gasteiger partial charge on any atom is 0.00450 e. The van der Waals surface area contributed by atoms with Crippen molar-refractivity contribution in [2.45, 2.75) is 19.8 Å². The third-order valence-corrected chi connectivity index (χ3v) is 4.75. The minimum Gasteiger partial charge on any atom is -0.316 e. The Kier molecular flexibility index (Phi) is 4.27. The maximum atomic E-state index is 3.49. The van der Waals surface area contributed by atoms with Crippen LogP contribution in [0.15, 0.2) is 42.5 Å². The van der Waals surface area contributed by atoms with Gasteiger partial charge < -0.3 is 10.2 Å². The molecule has 1 aliphatic heterocycles. The average Bonchev–Trinajstić information content (AvgIpc) is 2.91. The van der Waals surface area contributed by atoms with E-state index in [9.17, 15) is 0 Å². The molecule has 21 heavy (non-hydrogen) atoms. The van der Waals surface area contributed by atoms with E-state index in [0.717, 1.165) is 19.5 Å². The van der Waals surface area contributed by atoms with Gasteiger partial charge in [-0.3, -0.25) is 0 Å². The fourth-order valence-corrected chi connectivity index (χ4v) is 3.56. The molecule has 0 aliphatic carbocycles. The van der Waals surface area contributed by atoms with E-state index in [-0.39, 0.29) is 0 Å². The van der Waals surface area contributed by atoms with Crippen molar-refractivity contribution in [3.8, 4) is 0 Å². The highest BCUT2D eigenvalue weighted by atomic mass is 15.1. The van der Waals surface area contributed by atoms with Crippen LogP contribution >= 0.6 is 0 Å². The highest BCUT2D eigenvalue weighted by Crippen LogP contribution is 2.25. The Morgan fingerprint density at radius 3 is 2.76 bits per heavy atom. The molecule has 1 heterocycles. The van der Waals surface area contributed by atoms with Gasteiger partial charge in [0, 0.05) is 19.6 Å². The topological polar surface area (TPSA) is 15.3 Å². The Labute approximate surface area is 128 Å². The quantitative estimate of drug-likeness (QED) is 0.905. The van der Waals surface area contributed by atoms with Crippen LogP contribution in [0.2, 0.25) is 0 Å². The standard InChI is InChI=1S/C19H26N2/c1-19(11-12-20-14-19)15-21(2)13-10-17-8-5-7-16-6-3-4-9-18(16)17/h3-9,20H,10-15H2,1-2H3. The lowest BCUT2D eigenvalue weighted by atomic mass is 9.89. The number of benzene rings is 2. The first-order chi connectivity index (χ1) is 10.2. The Balaban J connectivity index is 1.63. The molecule has 1 unspecified atom stereocenters. The van der Waals surface area contributed by atoms with Crippen molar-refractivity contribution in [1.29, 1.82) is 0 Å². The number of hydrogen-bond donors (Lipinski definition) is 1. The monoisotopic (exact) mass is 282 g/mol. The molecule has 0 saturated carbocycles. The number of nitrogens with zero attached hydrogens (tertiary/aromatic N) is 1. The number of hydrogen-bond acceptors (Lipinski definition) is 2. The second kappa shape index (κ2) is 6.17. The smallest absolute Gasteiger partial charge is 0.00450 e. The second-order valence-electron chi connectivity index (χ2n) is 6.86. The molecule has 0 amide bonds. The molecule has 0 aromatic heterocycles. The van der Waals surface area contributed by atoms with Gasteiger partial charge in [-0.15, -0.1) is 0 Å². The summed E-state index contributed by atoms with van der Waals surface area (Å²) in [4.78, 5) is 2.49. The van der Waals surface area contributed by atoms with Crippen LogP contribution in [0.4, 0.5) is 0 Å². The van der Waals surface area contributed by atoms with Crippen LogP contribution in [0.5, 0.6) is 0 Å². The summed E-state index contributed by atoms with van der Waals surface area (Å²) in [6.45, 7) is 7.05. The lowest BCUT2D eigenvalue weighted by Crippen LogP contribution is -2.36. The van der Waals surface area contributed by atoms with E-state index in [1.54, 1.807) is 0 Å². The van der Waals surface area contributed by atoms with Crippen LogP contribution in [0.25, 0.3) is 10.8 Å². The van der Waals surface area contributed by atoms with Crippen LogP contribution in [-0.4, -0.2) is 38.1 Å². The Morgan fingerprint density at radius 1 is 1.14 bits per heavy atom. The molecule has 0 spiro atoms. The largest absolute Gasteiger partial charge is 0.316 e. The molecule has 1 aliphatic rings. The lowest BCUT2D eigenvalue weighted by molar-refractivity contribution is 0.211. The fraction of sp³-hybridized carbons (Fsp3) is 0.474. The molecule has 0 radical (unpaired) electrons. The van der Waals surface area contributed by atoms with E-state index in [0.29, 0.717) is 5.41 Å². The van der Waals surface area contributed by atoms with Crippen molar-refractivity contribution in [3.05, 3.63) is 48.0 Å². The fourth-order valence-electron chi connectivity index (χ4n) is 3.56. The third-order valence-electron chi connectivity index (χ3n) is 4.75. The summed E-state index contributed by atoms with van der Waals surface area (Å²) >= 11 is 0. The predicted molar refractivity (Wildman–Crippen MR) is 90.7 cm³/mol. The Hall–Kier alpha value is -1.38. The van der Waals surface area contributed by atoms with Gasteiger partial charge in [-0.2, -0.15) is 0 Å². The van der Waals surface area contributed by atoms with Gasteiger partial charge in [0.25, 0.3) is 0 Å². The summed E-state index contributed by atoms with van der Waals surface area (Å²) in [5.41, 5.74) is 1.92. The summed E-state index contributed by atoms with van der Waals surface area (Å²) in [5.74, 6) is 0. The second-order valence-corrected chi connectivity index (χ2v) is 6.86. The van der Waals surface area contributed by atoms with E-state index < -0.39 is 0 Å². The normalized spacial score (nSPS) is 22.2. The summed E-state index contributed by atoms with van der Waals surface area (Å²) in [7, 11) is 2.26. The zero-order valence-electron chi connectivity index (χ0n) is 13.2. The molecule has 1 N–H and O–H groups in total. The summed E-state index contributed by atoms with van der Waals surface area (Å²) in [5, 5.41) is 6.25. The summed E-state index contributed by atoms with van der Waals surface area (Å²) in [6, 6.07) is 15.4. The van der Waals surface area contributed by atoms with Crippen molar-refractivity contribution < 1.29 is 0 Å². The van der Waals surface area contributed by atoms with E-state index in [2.05, 4.69) is 66.7 Å². The molecule has 2 heteroatoms. The van der Waals surface area contributed by atoms with Crippen molar-refractivity contribution in [1.82, 2.24) is 10.2 Å². The highest BCUT2D eigenvalue weighted by Gasteiger charge is 2.29. The van der Waals surface area contributed by atoms with E-state index in [1.165, 1.54) is 35.8 Å². The first kappa shape index (κ1) is 14.6. The first-order valence-corrected chi connectivity index (χ1v) is 8.02. The zero-order chi connectivity index (χ0) is 14.7. The molecular formula is C19H26N2. The van der Waals surface area contributed by atoms with Crippen molar-refractivity contribution in [3.63, 3.8) is 0 Å². The maximum absolute atomic E-state index is 3.49. The van der Waals surface area contributed by atoms with Crippen molar-refractivity contribution in [2.75, 3.05) is 33.2 Å². The third kappa shape index (κ3) is 3.45. The molecule has 1 saturated heterocycles. The van der Waals surface area contributed by atoms with E-state index >= 15 is 0 Å². The number of fused-ring (bicyclic) bond motifs is 1. The van der Waals surface area contributed by atoms with Crippen molar-refractivity contribution in [2.24, 2.45) is 5.41 Å². The van der Waals surface area contributed by atoms with Gasteiger partial charge in [-0.1, -0.05) is 49.4 Å². The van der Waals surface area contributed by atoms with Gasteiger partial charge in [-0.05, 0) is 48.2 Å². The van der Waals surface area contributed by atoms with E-state index in [1.807, 2.05) is 0 Å². The van der Waals surface area contributed by atoms with Gasteiger partial charge in [0.2, 0.25) is 0 Å². The van der Waals surface area contributed by atoms with Crippen LogP contribution < -0.4 is 5.32 Å². The van der Waals surface area contributed by atoms with Crippen LogP contribution in [0.3, 0.4) is 0 Å². The Morgan fingerprint density at radius 2 is 1.95 bits per heavy atom. The molecular weight excluding hydrogens is 256 g/mol. The molecule has 2 aromatic carbocycles. The Bertz CT molecular complexity index is 594. The van der Waals surface area contributed by atoms with Gasteiger partial charge in [0.1, 0.15) is 0 Å². The summed E-state index contributed by atoms with van der Waals surface area (Å²) < 4.78 is 0. The van der Waals surface area contributed by atoms with Crippen LogP contribution in [-0.2, 0) is 6.42 Å². The van der Waals surface area contributed by atoms with Gasteiger partial charge >= 0.3 is 0 Å². The summed E-state index contributed by atoms with van der Waals surface area (Å²) in [6.07, 6.45) is 2.42. The molecule has 2 nitrogen and oxygen atoms in total. The molecule has 1 atom stereocenters. The molecule has 1 fully saturated rings. The van der Waals surface area contributed by atoms with Crippen LogP contribution in [0, 0.1) is 5.41 Å². The number of likely N-dealkylation sites (N-methyl/N-ethyl adjacent to an activating group) is 1.